The van der Waals surface area contributed by atoms with Crippen molar-refractivity contribution in [3.8, 4) is 5.75 Å². The summed E-state index contributed by atoms with van der Waals surface area (Å²) in [6.45, 7) is 23.6. The summed E-state index contributed by atoms with van der Waals surface area (Å²) in [5.41, 5.74) is 1.05. The van der Waals surface area contributed by atoms with Crippen LogP contribution in [0.25, 0.3) is 0 Å². The zero-order valence-corrected chi connectivity index (χ0v) is 20.9. The first-order valence-electron chi connectivity index (χ1n) is 10.3. The van der Waals surface area contributed by atoms with Crippen LogP contribution in [0.4, 0.5) is 0 Å². The Morgan fingerprint density at radius 3 is 1.85 bits per heavy atom. The number of phenolic OH excluding ortho intramolecular Hbond substituents is 1. The molecule has 1 rings (SSSR count). The van der Waals surface area contributed by atoms with Crippen molar-refractivity contribution in [3.05, 3.63) is 29.8 Å². The first kappa shape index (κ1) is 23.5. The molecule has 0 bridgehead atoms. The molecule has 26 heavy (non-hydrogen) atoms. The Balaban J connectivity index is 3.38. The van der Waals surface area contributed by atoms with Crippen molar-refractivity contribution in [3.63, 3.8) is 0 Å². The van der Waals surface area contributed by atoms with E-state index in [1.165, 1.54) is 0 Å². The van der Waals surface area contributed by atoms with Crippen LogP contribution in [-0.4, -0.2) is 26.7 Å². The molecule has 1 aromatic carbocycles. The molecule has 1 N–H and O–H groups in total. The normalized spacial score (nSPS) is 17.0. The minimum Gasteiger partial charge on any atom is -0.508 e. The highest BCUT2D eigenvalue weighted by molar-refractivity contribution is 6.81. The number of para-hydroxylation sites is 1. The average molecular weight is 395 g/mol. The lowest BCUT2D eigenvalue weighted by atomic mass is 9.85. The van der Waals surface area contributed by atoms with Gasteiger partial charge in [-0.25, -0.2) is 0 Å². The van der Waals surface area contributed by atoms with E-state index < -0.39 is 16.4 Å². The largest absolute Gasteiger partial charge is 0.508 e. The predicted octanol–water partition coefficient (Wildman–Crippen LogP) is 7.32. The first-order chi connectivity index (χ1) is 11.8. The van der Waals surface area contributed by atoms with Crippen LogP contribution in [0.15, 0.2) is 24.3 Å². The van der Waals surface area contributed by atoms with Gasteiger partial charge in [0.1, 0.15) is 5.75 Å². The minimum absolute atomic E-state index is 0.0254. The highest BCUT2D eigenvalue weighted by Crippen LogP contribution is 2.56. The fourth-order valence-corrected chi connectivity index (χ4v) is 12.3. The fraction of sp³-hybridized carbons (Fsp3) is 0.727. The second kappa shape index (κ2) is 8.19. The second-order valence-electron chi connectivity index (χ2n) is 9.62. The molecule has 0 saturated carbocycles. The van der Waals surface area contributed by atoms with Crippen LogP contribution < -0.4 is 0 Å². The Bertz CT molecular complexity index is 588. The van der Waals surface area contributed by atoms with E-state index in [-0.39, 0.29) is 16.2 Å². The molecule has 4 heteroatoms. The summed E-state index contributed by atoms with van der Waals surface area (Å²) < 4.78 is 7.25. The van der Waals surface area contributed by atoms with Crippen molar-refractivity contribution in [1.29, 1.82) is 0 Å². The van der Waals surface area contributed by atoms with Crippen molar-refractivity contribution < 1.29 is 9.53 Å². The molecule has 0 aromatic heterocycles. The third kappa shape index (κ3) is 4.12. The molecule has 0 aliphatic rings. The Hall–Kier alpha value is -0.586. The van der Waals surface area contributed by atoms with E-state index in [2.05, 4.69) is 73.4 Å². The number of rotatable bonds is 9. The minimum atomic E-state index is -2.09. The standard InChI is InChI=1S/C22H42O2Si2/c1-11-21(5,18(4)19-16-14-15-17-20(19)23)26(9,10)24-22(12-2,13-3)25(6,7)8/h14-18,23H,11-13H2,1-10H3. The summed E-state index contributed by atoms with van der Waals surface area (Å²) in [6.07, 6.45) is 3.22. The third-order valence-corrected chi connectivity index (χ3v) is 15.6. The van der Waals surface area contributed by atoms with Gasteiger partial charge in [0.05, 0.1) is 8.07 Å². The lowest BCUT2D eigenvalue weighted by molar-refractivity contribution is 0.111. The van der Waals surface area contributed by atoms with Gasteiger partial charge in [-0.3, -0.25) is 0 Å². The highest BCUT2D eigenvalue weighted by Gasteiger charge is 2.54. The zero-order chi connectivity index (χ0) is 20.4. The molecule has 0 aliphatic heterocycles. The van der Waals surface area contributed by atoms with E-state index in [1.807, 2.05) is 18.2 Å². The van der Waals surface area contributed by atoms with Gasteiger partial charge < -0.3 is 9.53 Å². The van der Waals surface area contributed by atoms with Crippen LogP contribution >= 0.6 is 0 Å². The second-order valence-corrected chi connectivity index (χ2v) is 19.4. The lowest BCUT2D eigenvalue weighted by Crippen LogP contribution is -2.61. The zero-order valence-electron chi connectivity index (χ0n) is 18.9. The van der Waals surface area contributed by atoms with Crippen molar-refractivity contribution in [1.82, 2.24) is 0 Å². The molecular formula is C22H42O2Si2. The Labute approximate surface area is 164 Å². The summed E-state index contributed by atoms with van der Waals surface area (Å²) in [5, 5.41) is 10.5. The Kier molecular flexibility index (Phi) is 7.39. The van der Waals surface area contributed by atoms with Crippen LogP contribution in [0.5, 0.6) is 5.75 Å². The van der Waals surface area contributed by atoms with E-state index in [0.29, 0.717) is 5.75 Å². The maximum absolute atomic E-state index is 10.4. The molecule has 0 amide bonds. The molecule has 2 atom stereocenters. The molecular weight excluding hydrogens is 352 g/mol. The first-order valence-corrected chi connectivity index (χ1v) is 16.7. The van der Waals surface area contributed by atoms with Crippen molar-refractivity contribution in [2.75, 3.05) is 0 Å². The lowest BCUT2D eigenvalue weighted by Gasteiger charge is -2.54. The highest BCUT2D eigenvalue weighted by atomic mass is 28.4. The molecule has 2 unspecified atom stereocenters. The summed E-state index contributed by atoms with van der Waals surface area (Å²) in [6, 6.07) is 7.81. The van der Waals surface area contributed by atoms with Gasteiger partial charge >= 0.3 is 0 Å². The molecule has 0 spiro atoms. The molecule has 0 fully saturated rings. The molecule has 0 aliphatic carbocycles. The third-order valence-electron chi connectivity index (χ3n) is 7.43. The van der Waals surface area contributed by atoms with Gasteiger partial charge in [-0.15, -0.1) is 0 Å². The van der Waals surface area contributed by atoms with E-state index in [9.17, 15) is 5.11 Å². The number of phenols is 1. The topological polar surface area (TPSA) is 29.5 Å². The number of aromatic hydroxyl groups is 1. The van der Waals surface area contributed by atoms with Gasteiger partial charge in [-0.05, 0) is 48.5 Å². The van der Waals surface area contributed by atoms with Crippen molar-refractivity contribution >= 4 is 16.4 Å². The van der Waals surface area contributed by atoms with Gasteiger partial charge in [-0.1, -0.05) is 78.9 Å². The van der Waals surface area contributed by atoms with Gasteiger partial charge in [0, 0.05) is 5.22 Å². The van der Waals surface area contributed by atoms with Gasteiger partial charge in [0.15, 0.2) is 8.32 Å². The number of hydrogen-bond acceptors (Lipinski definition) is 2. The SMILES string of the molecule is CCC(CC)(O[Si](C)(C)C(C)(CC)C(C)c1ccccc1O)[Si](C)(C)C. The predicted molar refractivity (Wildman–Crippen MR) is 120 cm³/mol. The molecule has 0 radical (unpaired) electrons. The molecule has 0 saturated heterocycles. The van der Waals surface area contributed by atoms with Crippen LogP contribution in [0.1, 0.15) is 65.4 Å². The number of hydrogen-bond donors (Lipinski definition) is 1. The van der Waals surface area contributed by atoms with E-state index >= 15 is 0 Å². The van der Waals surface area contributed by atoms with Gasteiger partial charge in [-0.2, -0.15) is 0 Å². The Morgan fingerprint density at radius 2 is 1.46 bits per heavy atom. The molecule has 0 heterocycles. The van der Waals surface area contributed by atoms with Gasteiger partial charge in [0.2, 0.25) is 0 Å². The summed E-state index contributed by atoms with van der Waals surface area (Å²) >= 11 is 0. The molecule has 2 nitrogen and oxygen atoms in total. The van der Waals surface area contributed by atoms with E-state index in [1.54, 1.807) is 0 Å². The van der Waals surface area contributed by atoms with Crippen LogP contribution in [-0.2, 0) is 4.43 Å². The molecule has 150 valence electrons. The van der Waals surface area contributed by atoms with Crippen molar-refractivity contribution in [2.24, 2.45) is 0 Å². The monoisotopic (exact) mass is 394 g/mol. The summed E-state index contributed by atoms with van der Waals surface area (Å²) in [4.78, 5) is 0. The summed E-state index contributed by atoms with van der Waals surface area (Å²) in [5.74, 6) is 0.662. The number of benzene rings is 1. The maximum Gasteiger partial charge on any atom is 0.193 e. The van der Waals surface area contributed by atoms with Crippen molar-refractivity contribution in [2.45, 2.75) is 103 Å². The maximum atomic E-state index is 10.4. The van der Waals surface area contributed by atoms with E-state index in [0.717, 1.165) is 24.8 Å². The van der Waals surface area contributed by atoms with Crippen LogP contribution in [0.2, 0.25) is 37.8 Å². The van der Waals surface area contributed by atoms with Crippen LogP contribution in [0, 0.1) is 0 Å². The van der Waals surface area contributed by atoms with Gasteiger partial charge in [0.25, 0.3) is 0 Å². The van der Waals surface area contributed by atoms with Crippen LogP contribution in [0.3, 0.4) is 0 Å². The Morgan fingerprint density at radius 1 is 0.962 bits per heavy atom. The van der Waals surface area contributed by atoms with E-state index in [4.69, 9.17) is 4.43 Å². The average Bonchev–Trinajstić information content (AvgIpc) is 2.57. The quantitative estimate of drug-likeness (QED) is 0.444. The summed E-state index contributed by atoms with van der Waals surface area (Å²) in [7, 11) is -3.59. The smallest absolute Gasteiger partial charge is 0.193 e. The molecule has 1 aromatic rings. The fourth-order valence-electron chi connectivity index (χ4n) is 4.66.